The van der Waals surface area contributed by atoms with Crippen LogP contribution in [0.5, 0.6) is 0 Å². The van der Waals surface area contributed by atoms with Gasteiger partial charge < -0.3 is 15.8 Å². The number of benzene rings is 1. The number of aromatic amines is 1. The Hall–Kier alpha value is -1.32. The molecular weight excluding hydrogens is 212 g/mol. The summed E-state index contributed by atoms with van der Waals surface area (Å²) in [6, 6.07) is 8.57. The highest BCUT2D eigenvalue weighted by Gasteiger charge is 2.00. The first-order valence-electron chi connectivity index (χ1n) is 6.06. The number of H-pyrrole nitrogens is 1. The second-order valence-electron chi connectivity index (χ2n) is 4.43. The molecule has 17 heavy (non-hydrogen) atoms. The first-order chi connectivity index (χ1) is 8.15. The van der Waals surface area contributed by atoms with E-state index >= 15 is 0 Å². The number of nitrogens with two attached hydrogens (primary N) is 1. The molecule has 94 valence electrons. The molecule has 0 amide bonds. The molecule has 1 aromatic heterocycles. The molecule has 0 bridgehead atoms. The summed E-state index contributed by atoms with van der Waals surface area (Å²) < 4.78 is 0. The minimum Gasteiger partial charge on any atom is -0.396 e. The van der Waals surface area contributed by atoms with E-state index in [-0.39, 0.29) is 6.61 Å². The van der Waals surface area contributed by atoms with Gasteiger partial charge >= 0.3 is 0 Å². The van der Waals surface area contributed by atoms with Crippen molar-refractivity contribution in [3.8, 4) is 0 Å². The molecule has 0 aliphatic rings. The second-order valence-corrected chi connectivity index (χ2v) is 4.43. The number of nitrogens with one attached hydrogen (secondary N) is 1. The van der Waals surface area contributed by atoms with Gasteiger partial charge in [-0.05, 0) is 30.5 Å². The van der Waals surface area contributed by atoms with Gasteiger partial charge in [-0.1, -0.05) is 32.0 Å². The molecule has 2 aromatic rings. The van der Waals surface area contributed by atoms with Gasteiger partial charge in [-0.25, -0.2) is 0 Å². The van der Waals surface area contributed by atoms with Gasteiger partial charge in [0.15, 0.2) is 0 Å². The number of hydrogen-bond acceptors (Lipinski definition) is 2. The van der Waals surface area contributed by atoms with Gasteiger partial charge in [0.05, 0.1) is 0 Å². The van der Waals surface area contributed by atoms with E-state index in [0.29, 0.717) is 6.04 Å². The monoisotopic (exact) mass is 234 g/mol. The van der Waals surface area contributed by atoms with Crippen molar-refractivity contribution in [1.82, 2.24) is 4.98 Å². The molecule has 0 unspecified atom stereocenters. The molecule has 4 N–H and O–H groups in total. The predicted molar refractivity (Wildman–Crippen MR) is 73.0 cm³/mol. The zero-order valence-corrected chi connectivity index (χ0v) is 10.6. The van der Waals surface area contributed by atoms with E-state index in [4.69, 9.17) is 10.8 Å². The third-order valence-electron chi connectivity index (χ3n) is 2.28. The third kappa shape index (κ3) is 4.59. The molecule has 0 saturated carbocycles. The Labute approximate surface area is 103 Å². The quantitative estimate of drug-likeness (QED) is 0.764. The molecule has 1 heterocycles. The Bertz CT molecular complexity index is 432. The van der Waals surface area contributed by atoms with E-state index < -0.39 is 0 Å². The zero-order chi connectivity index (χ0) is 12.7. The smallest absolute Gasteiger partial charge is 0.0456 e. The van der Waals surface area contributed by atoms with E-state index in [9.17, 15) is 0 Å². The van der Waals surface area contributed by atoms with Gasteiger partial charge in [0.25, 0.3) is 0 Å². The summed E-state index contributed by atoms with van der Waals surface area (Å²) in [6.45, 7) is 4.15. The van der Waals surface area contributed by atoms with Crippen LogP contribution >= 0.6 is 0 Å². The van der Waals surface area contributed by atoms with Crippen LogP contribution in [0.3, 0.4) is 0 Å². The fourth-order valence-corrected chi connectivity index (χ4v) is 1.61. The summed E-state index contributed by atoms with van der Waals surface area (Å²) in [5, 5.41) is 10.0. The minimum absolute atomic E-state index is 0.263. The maximum Gasteiger partial charge on any atom is 0.0456 e. The molecule has 3 heteroatoms. The number of para-hydroxylation sites is 1. The molecule has 0 spiro atoms. The Morgan fingerprint density at radius 3 is 2.59 bits per heavy atom. The average Bonchev–Trinajstić information content (AvgIpc) is 2.69. The molecule has 0 radical (unpaired) electrons. The van der Waals surface area contributed by atoms with Crippen LogP contribution < -0.4 is 5.73 Å². The number of rotatable bonds is 3. The molecule has 1 aromatic carbocycles. The van der Waals surface area contributed by atoms with Gasteiger partial charge in [-0.2, -0.15) is 0 Å². The molecule has 0 fully saturated rings. The fourth-order valence-electron chi connectivity index (χ4n) is 1.61. The van der Waals surface area contributed by atoms with Crippen LogP contribution in [-0.4, -0.2) is 22.7 Å². The zero-order valence-electron chi connectivity index (χ0n) is 10.6. The van der Waals surface area contributed by atoms with Crippen molar-refractivity contribution in [3.05, 3.63) is 36.0 Å². The molecule has 3 nitrogen and oxygen atoms in total. The summed E-state index contributed by atoms with van der Waals surface area (Å²) in [4.78, 5) is 3.22. The van der Waals surface area contributed by atoms with Gasteiger partial charge in [0.1, 0.15) is 0 Å². The van der Waals surface area contributed by atoms with E-state index in [1.54, 1.807) is 0 Å². The van der Waals surface area contributed by atoms with Crippen LogP contribution in [0.1, 0.15) is 25.8 Å². The summed E-state index contributed by atoms with van der Waals surface area (Å²) in [7, 11) is 0. The van der Waals surface area contributed by atoms with Gasteiger partial charge in [-0.15, -0.1) is 0 Å². The first kappa shape index (κ1) is 13.7. The van der Waals surface area contributed by atoms with Gasteiger partial charge in [0, 0.05) is 23.7 Å². The van der Waals surface area contributed by atoms with Crippen molar-refractivity contribution in [1.29, 1.82) is 0 Å². The highest BCUT2D eigenvalue weighted by atomic mass is 16.2. The van der Waals surface area contributed by atoms with Crippen molar-refractivity contribution in [3.63, 3.8) is 0 Å². The summed E-state index contributed by atoms with van der Waals surface area (Å²) in [5.74, 6) is 0. The molecule has 0 saturated heterocycles. The van der Waals surface area contributed by atoms with Crippen LogP contribution in [-0.2, 0) is 6.42 Å². The molecule has 0 aliphatic heterocycles. The first-order valence-corrected chi connectivity index (χ1v) is 6.06. The normalized spacial score (nSPS) is 10.4. The molecule has 0 aliphatic carbocycles. The largest absolute Gasteiger partial charge is 0.396 e. The highest BCUT2D eigenvalue weighted by Crippen LogP contribution is 2.18. The summed E-state index contributed by atoms with van der Waals surface area (Å²) >= 11 is 0. The lowest BCUT2D eigenvalue weighted by Gasteiger charge is -1.95. The average molecular weight is 234 g/mol. The van der Waals surface area contributed by atoms with Crippen LogP contribution in [0.4, 0.5) is 0 Å². The SMILES string of the molecule is CC(C)N.OCCCc1c[nH]c2ccccc12. The van der Waals surface area contributed by atoms with Crippen molar-refractivity contribution in [2.24, 2.45) is 5.73 Å². The van der Waals surface area contributed by atoms with Crippen molar-refractivity contribution in [2.45, 2.75) is 32.7 Å². The van der Waals surface area contributed by atoms with E-state index in [2.05, 4.69) is 17.1 Å². The number of aryl methyl sites for hydroxylation is 1. The lowest BCUT2D eigenvalue weighted by molar-refractivity contribution is 0.289. The van der Waals surface area contributed by atoms with E-state index in [1.807, 2.05) is 32.2 Å². The number of hydrogen-bond donors (Lipinski definition) is 3. The Morgan fingerprint density at radius 1 is 1.29 bits per heavy atom. The van der Waals surface area contributed by atoms with Crippen LogP contribution in [0, 0.1) is 0 Å². The summed E-state index contributed by atoms with van der Waals surface area (Å²) in [5.41, 5.74) is 7.58. The standard InChI is InChI=1S/C11H13NO.C3H9N/c13-7-3-4-9-8-12-11-6-2-1-5-10(9)11;1-3(2)4/h1-2,5-6,8,12-13H,3-4,7H2;3H,4H2,1-2H3. The Morgan fingerprint density at radius 2 is 1.94 bits per heavy atom. The van der Waals surface area contributed by atoms with Crippen molar-refractivity contribution < 1.29 is 5.11 Å². The Balaban J connectivity index is 0.000000317. The van der Waals surface area contributed by atoms with Crippen LogP contribution in [0.2, 0.25) is 0 Å². The van der Waals surface area contributed by atoms with Crippen molar-refractivity contribution >= 4 is 10.9 Å². The third-order valence-corrected chi connectivity index (χ3v) is 2.28. The second kappa shape index (κ2) is 7.09. The van der Waals surface area contributed by atoms with Crippen LogP contribution in [0.15, 0.2) is 30.5 Å². The number of aliphatic hydroxyl groups excluding tert-OH is 1. The number of aromatic nitrogens is 1. The number of fused-ring (bicyclic) bond motifs is 1. The van der Waals surface area contributed by atoms with Crippen molar-refractivity contribution in [2.75, 3.05) is 6.61 Å². The fraction of sp³-hybridized carbons (Fsp3) is 0.429. The number of aliphatic hydroxyl groups is 1. The van der Waals surface area contributed by atoms with Gasteiger partial charge in [0.2, 0.25) is 0 Å². The molecule has 0 atom stereocenters. The van der Waals surface area contributed by atoms with Crippen LogP contribution in [0.25, 0.3) is 10.9 Å². The predicted octanol–water partition coefficient (Wildman–Crippen LogP) is 2.45. The van der Waals surface area contributed by atoms with E-state index in [0.717, 1.165) is 12.8 Å². The topological polar surface area (TPSA) is 62.0 Å². The minimum atomic E-state index is 0.263. The highest BCUT2D eigenvalue weighted by molar-refractivity contribution is 5.82. The lowest BCUT2D eigenvalue weighted by Crippen LogP contribution is -2.06. The maximum atomic E-state index is 8.73. The Kier molecular flexibility index (Phi) is 5.73. The van der Waals surface area contributed by atoms with E-state index in [1.165, 1.54) is 16.5 Å². The van der Waals surface area contributed by atoms with Gasteiger partial charge in [-0.3, -0.25) is 0 Å². The maximum absolute atomic E-state index is 8.73. The lowest BCUT2D eigenvalue weighted by atomic mass is 10.1. The molecular formula is C14H22N2O. The summed E-state index contributed by atoms with van der Waals surface area (Å²) in [6.07, 6.45) is 3.81. The molecule has 2 rings (SSSR count).